The Morgan fingerprint density at radius 1 is 1.37 bits per heavy atom. The fourth-order valence-electron chi connectivity index (χ4n) is 2.05. The van der Waals surface area contributed by atoms with Crippen LogP contribution < -0.4 is 10.2 Å². The number of nitrogens with one attached hydrogen (secondary N) is 1. The fourth-order valence-corrected chi connectivity index (χ4v) is 2.05. The molecule has 0 radical (unpaired) electrons. The van der Waals surface area contributed by atoms with Crippen molar-refractivity contribution in [2.75, 3.05) is 37.7 Å². The lowest BCUT2D eigenvalue weighted by molar-refractivity contribution is 0.154. The summed E-state index contributed by atoms with van der Waals surface area (Å²) in [7, 11) is 0. The molecule has 4 heteroatoms. The summed E-state index contributed by atoms with van der Waals surface area (Å²) in [6.07, 6.45) is 1.89. The fraction of sp³-hybridized carbons (Fsp3) is 0.667. The van der Waals surface area contributed by atoms with E-state index in [1.807, 2.05) is 13.1 Å². The second-order valence-corrected chi connectivity index (χ2v) is 4.50. The van der Waals surface area contributed by atoms with Gasteiger partial charge in [0, 0.05) is 31.9 Å². The molecular weight excluding hydrogens is 238 g/mol. The number of rotatable bonds is 9. The second-order valence-electron chi connectivity index (χ2n) is 4.50. The van der Waals surface area contributed by atoms with E-state index in [4.69, 9.17) is 4.74 Å². The normalized spacial score (nSPS) is 12.4. The largest absolute Gasteiger partial charge is 0.380 e. The molecule has 0 bridgehead atoms. The number of pyridine rings is 1. The van der Waals surface area contributed by atoms with E-state index in [9.17, 15) is 0 Å². The van der Waals surface area contributed by atoms with Crippen LogP contribution in [0, 0.1) is 0 Å². The molecular formula is C15H27N3O. The molecule has 4 nitrogen and oxygen atoms in total. The van der Waals surface area contributed by atoms with Gasteiger partial charge in [-0.05, 0) is 45.0 Å². The highest BCUT2D eigenvalue weighted by Gasteiger charge is 2.09. The number of hydrogen-bond donors (Lipinski definition) is 1. The molecule has 0 saturated heterocycles. The number of likely N-dealkylation sites (N-methyl/N-ethyl adjacent to an activating group) is 1. The van der Waals surface area contributed by atoms with Crippen LogP contribution in [0.4, 0.5) is 5.82 Å². The zero-order chi connectivity index (χ0) is 14.1. The van der Waals surface area contributed by atoms with E-state index in [1.54, 1.807) is 0 Å². The molecule has 1 rings (SSSR count). The van der Waals surface area contributed by atoms with Crippen molar-refractivity contribution in [3.63, 3.8) is 0 Å². The number of aromatic nitrogens is 1. The first-order chi connectivity index (χ1) is 9.22. The maximum atomic E-state index is 5.42. The van der Waals surface area contributed by atoms with Gasteiger partial charge in [-0.25, -0.2) is 4.98 Å². The molecule has 19 heavy (non-hydrogen) atoms. The molecule has 108 valence electrons. The first-order valence-corrected chi connectivity index (χ1v) is 7.24. The lowest BCUT2D eigenvalue weighted by Crippen LogP contribution is -2.28. The third-order valence-electron chi connectivity index (χ3n) is 3.20. The number of anilines is 1. The summed E-state index contributed by atoms with van der Waals surface area (Å²) in [4.78, 5) is 6.72. The summed E-state index contributed by atoms with van der Waals surface area (Å²) < 4.78 is 5.42. The summed E-state index contributed by atoms with van der Waals surface area (Å²) in [5.41, 5.74) is 1.28. The minimum atomic E-state index is 0.359. The van der Waals surface area contributed by atoms with Crippen LogP contribution in [0.3, 0.4) is 0 Å². The smallest absolute Gasteiger partial charge is 0.128 e. The highest BCUT2D eigenvalue weighted by atomic mass is 16.5. The highest BCUT2D eigenvalue weighted by Crippen LogP contribution is 2.17. The molecule has 0 fully saturated rings. The summed E-state index contributed by atoms with van der Waals surface area (Å²) in [6.45, 7) is 12.8. The van der Waals surface area contributed by atoms with Gasteiger partial charge < -0.3 is 15.0 Å². The Morgan fingerprint density at radius 2 is 2.16 bits per heavy atom. The van der Waals surface area contributed by atoms with Gasteiger partial charge in [0.15, 0.2) is 0 Å². The molecule has 0 aliphatic rings. The van der Waals surface area contributed by atoms with Crippen molar-refractivity contribution >= 4 is 5.82 Å². The Balaban J connectivity index is 2.72. The van der Waals surface area contributed by atoms with Crippen molar-refractivity contribution in [1.82, 2.24) is 10.3 Å². The van der Waals surface area contributed by atoms with Gasteiger partial charge in [0.05, 0.1) is 6.61 Å². The van der Waals surface area contributed by atoms with E-state index in [2.05, 4.69) is 48.1 Å². The maximum Gasteiger partial charge on any atom is 0.128 e. The minimum Gasteiger partial charge on any atom is -0.380 e. The summed E-state index contributed by atoms with van der Waals surface area (Å²) in [5, 5.41) is 3.43. The Kier molecular flexibility index (Phi) is 7.45. The third kappa shape index (κ3) is 5.17. The number of hydrogen-bond acceptors (Lipinski definition) is 4. The zero-order valence-corrected chi connectivity index (χ0v) is 12.6. The first-order valence-electron chi connectivity index (χ1n) is 7.24. The Morgan fingerprint density at radius 3 is 2.79 bits per heavy atom. The number of nitrogens with zero attached hydrogens (tertiary/aromatic N) is 2. The van der Waals surface area contributed by atoms with Crippen LogP contribution in [0.1, 0.15) is 39.3 Å². The molecule has 0 aromatic carbocycles. The predicted molar refractivity (Wildman–Crippen MR) is 80.7 cm³/mol. The van der Waals surface area contributed by atoms with Gasteiger partial charge in [-0.2, -0.15) is 0 Å². The van der Waals surface area contributed by atoms with E-state index < -0.39 is 0 Å². The lowest BCUT2D eigenvalue weighted by Gasteiger charge is -2.23. The minimum absolute atomic E-state index is 0.359. The molecule has 0 aliphatic heterocycles. The van der Waals surface area contributed by atoms with Crippen LogP contribution in [0.2, 0.25) is 0 Å². The van der Waals surface area contributed by atoms with Gasteiger partial charge in [0.2, 0.25) is 0 Å². The van der Waals surface area contributed by atoms with Crippen LogP contribution >= 0.6 is 0 Å². The summed E-state index contributed by atoms with van der Waals surface area (Å²) in [6, 6.07) is 4.60. The van der Waals surface area contributed by atoms with Crippen molar-refractivity contribution in [1.29, 1.82) is 0 Å². The van der Waals surface area contributed by atoms with Gasteiger partial charge >= 0.3 is 0 Å². The van der Waals surface area contributed by atoms with Crippen molar-refractivity contribution in [2.24, 2.45) is 0 Å². The van der Waals surface area contributed by atoms with Crippen LogP contribution in [0.25, 0.3) is 0 Å². The van der Waals surface area contributed by atoms with Crippen molar-refractivity contribution in [3.8, 4) is 0 Å². The average molecular weight is 265 g/mol. The summed E-state index contributed by atoms with van der Waals surface area (Å²) in [5.74, 6) is 1.03. The van der Waals surface area contributed by atoms with Crippen molar-refractivity contribution < 1.29 is 4.74 Å². The zero-order valence-electron chi connectivity index (χ0n) is 12.6. The predicted octanol–water partition coefficient (Wildman–Crippen LogP) is 2.61. The highest BCUT2D eigenvalue weighted by molar-refractivity contribution is 5.41. The van der Waals surface area contributed by atoms with Crippen LogP contribution in [-0.4, -0.2) is 37.8 Å². The molecule has 1 N–H and O–H groups in total. The molecule has 1 atom stereocenters. The molecule has 1 aromatic rings. The molecule has 0 saturated carbocycles. The first kappa shape index (κ1) is 15.9. The second kappa shape index (κ2) is 8.88. The lowest BCUT2D eigenvalue weighted by atomic mass is 10.1. The molecule has 0 spiro atoms. The van der Waals surface area contributed by atoms with E-state index >= 15 is 0 Å². The summed E-state index contributed by atoms with van der Waals surface area (Å²) >= 11 is 0. The molecule has 1 unspecified atom stereocenters. The number of ether oxygens (including phenoxy) is 1. The van der Waals surface area contributed by atoms with Crippen molar-refractivity contribution in [3.05, 3.63) is 23.9 Å². The van der Waals surface area contributed by atoms with Crippen LogP contribution in [0.5, 0.6) is 0 Å². The van der Waals surface area contributed by atoms with Gasteiger partial charge in [-0.3, -0.25) is 0 Å². The van der Waals surface area contributed by atoms with E-state index in [-0.39, 0.29) is 0 Å². The topological polar surface area (TPSA) is 37.4 Å². The van der Waals surface area contributed by atoms with E-state index in [1.165, 1.54) is 5.56 Å². The third-order valence-corrected chi connectivity index (χ3v) is 3.20. The van der Waals surface area contributed by atoms with Gasteiger partial charge in [0.25, 0.3) is 0 Å². The Labute approximate surface area is 117 Å². The molecule has 1 aromatic heterocycles. The standard InChI is InChI=1S/C15H27N3O/c1-5-16-13(4)14-8-9-17-15(12-14)18(6-2)10-11-19-7-3/h8-9,12-13,16H,5-7,10-11H2,1-4H3. The monoisotopic (exact) mass is 265 g/mol. The van der Waals surface area contributed by atoms with E-state index in [0.717, 1.165) is 38.7 Å². The Hall–Kier alpha value is -1.13. The molecule has 0 aliphatic carbocycles. The SMILES string of the molecule is CCNC(C)c1ccnc(N(CC)CCOCC)c1. The van der Waals surface area contributed by atoms with Gasteiger partial charge in [-0.15, -0.1) is 0 Å². The van der Waals surface area contributed by atoms with Gasteiger partial charge in [-0.1, -0.05) is 6.92 Å². The maximum absolute atomic E-state index is 5.42. The quantitative estimate of drug-likeness (QED) is 0.696. The van der Waals surface area contributed by atoms with Gasteiger partial charge in [0.1, 0.15) is 5.82 Å². The van der Waals surface area contributed by atoms with Crippen LogP contribution in [-0.2, 0) is 4.74 Å². The Bertz CT molecular complexity index is 357. The van der Waals surface area contributed by atoms with Crippen LogP contribution in [0.15, 0.2) is 18.3 Å². The molecule has 1 heterocycles. The molecule has 0 amide bonds. The van der Waals surface area contributed by atoms with E-state index in [0.29, 0.717) is 6.04 Å². The van der Waals surface area contributed by atoms with Crippen molar-refractivity contribution in [2.45, 2.75) is 33.7 Å². The average Bonchev–Trinajstić information content (AvgIpc) is 2.44.